The van der Waals surface area contributed by atoms with E-state index >= 15 is 0 Å². The number of ether oxygens (including phenoxy) is 2. The summed E-state index contributed by atoms with van der Waals surface area (Å²) in [7, 11) is 1.60. The Bertz CT molecular complexity index is 481. The zero-order valence-electron chi connectivity index (χ0n) is 12.2. The van der Waals surface area contributed by atoms with E-state index < -0.39 is 5.97 Å². The van der Waals surface area contributed by atoms with E-state index in [1.54, 1.807) is 13.2 Å². The maximum atomic E-state index is 13.5. The van der Waals surface area contributed by atoms with Crippen LogP contribution in [0.3, 0.4) is 0 Å². The summed E-state index contributed by atoms with van der Waals surface area (Å²) in [5.74, 6) is -0.456. The quantitative estimate of drug-likeness (QED) is 0.819. The lowest BCUT2D eigenvalue weighted by Crippen LogP contribution is -2.21. The van der Waals surface area contributed by atoms with Gasteiger partial charge in [0.2, 0.25) is 0 Å². The average Bonchev–Trinajstić information content (AvgIpc) is 2.49. The lowest BCUT2D eigenvalue weighted by Gasteiger charge is -2.27. The molecule has 1 fully saturated rings. The van der Waals surface area contributed by atoms with E-state index in [1.165, 1.54) is 12.1 Å². The van der Waals surface area contributed by atoms with Crippen molar-refractivity contribution in [2.24, 2.45) is 5.92 Å². The second-order valence-corrected chi connectivity index (χ2v) is 5.41. The molecule has 0 bridgehead atoms. The van der Waals surface area contributed by atoms with Gasteiger partial charge in [-0.15, -0.1) is 0 Å². The minimum absolute atomic E-state index is 0.161. The van der Waals surface area contributed by atoms with Crippen molar-refractivity contribution in [2.45, 2.75) is 31.6 Å². The third-order valence-electron chi connectivity index (χ3n) is 4.03. The number of benzene rings is 1. The van der Waals surface area contributed by atoms with E-state index in [9.17, 15) is 9.18 Å². The number of methoxy groups -OCH3 is 1. The van der Waals surface area contributed by atoms with Gasteiger partial charge in [0.15, 0.2) is 0 Å². The Labute approximate surface area is 123 Å². The van der Waals surface area contributed by atoms with Crippen molar-refractivity contribution in [3.8, 4) is 5.75 Å². The molecule has 1 N–H and O–H groups in total. The molecule has 0 aliphatic heterocycles. The van der Waals surface area contributed by atoms with Gasteiger partial charge in [-0.05, 0) is 49.8 Å². The molecule has 0 spiro atoms. The van der Waals surface area contributed by atoms with Gasteiger partial charge in [-0.3, -0.25) is 4.79 Å². The number of aliphatic carboxylic acids is 1. The van der Waals surface area contributed by atoms with Crippen LogP contribution in [0.4, 0.5) is 4.39 Å². The maximum Gasteiger partial charge on any atom is 0.306 e. The minimum atomic E-state index is -0.732. The second kappa shape index (κ2) is 7.41. The van der Waals surface area contributed by atoms with Crippen molar-refractivity contribution in [1.82, 2.24) is 0 Å². The van der Waals surface area contributed by atoms with Crippen LogP contribution < -0.4 is 4.74 Å². The van der Waals surface area contributed by atoms with Crippen LogP contribution in [0.1, 0.15) is 37.2 Å². The standard InChI is InChI=1S/C16H21FO4/c1-20-8-9-21-15-7-6-13(17)10-14(15)11-2-4-12(5-3-11)16(18)19/h6-7,10-12H,2-5,8-9H2,1H3,(H,18,19). The molecule has 1 saturated carbocycles. The third kappa shape index (κ3) is 4.17. The summed E-state index contributed by atoms with van der Waals surface area (Å²) in [4.78, 5) is 11.0. The maximum absolute atomic E-state index is 13.5. The zero-order chi connectivity index (χ0) is 15.2. The number of halogens is 1. The van der Waals surface area contributed by atoms with Crippen LogP contribution in [-0.2, 0) is 9.53 Å². The molecule has 0 amide bonds. The smallest absolute Gasteiger partial charge is 0.306 e. The van der Waals surface area contributed by atoms with E-state index in [2.05, 4.69) is 0 Å². The molecule has 0 saturated heterocycles. The van der Waals surface area contributed by atoms with Crippen molar-refractivity contribution in [3.05, 3.63) is 29.6 Å². The Balaban J connectivity index is 2.07. The normalized spacial score (nSPS) is 22.0. The van der Waals surface area contributed by atoms with Crippen LogP contribution >= 0.6 is 0 Å². The van der Waals surface area contributed by atoms with Gasteiger partial charge >= 0.3 is 5.97 Å². The molecule has 2 rings (SSSR count). The molecule has 21 heavy (non-hydrogen) atoms. The molecule has 4 nitrogen and oxygen atoms in total. The fraction of sp³-hybridized carbons (Fsp3) is 0.562. The Kier molecular flexibility index (Phi) is 5.56. The summed E-state index contributed by atoms with van der Waals surface area (Å²) in [6, 6.07) is 4.53. The number of hydrogen-bond acceptors (Lipinski definition) is 3. The van der Waals surface area contributed by atoms with E-state index in [1.807, 2.05) is 0 Å². The molecule has 0 heterocycles. The summed E-state index contributed by atoms with van der Waals surface area (Å²) in [6.45, 7) is 0.891. The van der Waals surface area contributed by atoms with Crippen LogP contribution in [0.2, 0.25) is 0 Å². The van der Waals surface area contributed by atoms with Crippen molar-refractivity contribution in [2.75, 3.05) is 20.3 Å². The fourth-order valence-electron chi connectivity index (χ4n) is 2.86. The molecule has 1 aromatic rings. The average molecular weight is 296 g/mol. The van der Waals surface area contributed by atoms with Crippen molar-refractivity contribution in [1.29, 1.82) is 0 Å². The lowest BCUT2D eigenvalue weighted by molar-refractivity contribution is -0.142. The van der Waals surface area contributed by atoms with E-state index in [0.717, 1.165) is 18.4 Å². The van der Waals surface area contributed by atoms with E-state index in [0.29, 0.717) is 31.8 Å². The van der Waals surface area contributed by atoms with Gasteiger partial charge in [-0.1, -0.05) is 0 Å². The van der Waals surface area contributed by atoms with Crippen molar-refractivity contribution >= 4 is 5.97 Å². The molecule has 0 atom stereocenters. The molecule has 1 aliphatic carbocycles. The third-order valence-corrected chi connectivity index (χ3v) is 4.03. The minimum Gasteiger partial charge on any atom is -0.491 e. The lowest BCUT2D eigenvalue weighted by atomic mass is 9.78. The molecule has 1 aliphatic rings. The number of carboxylic acid groups (broad SMARTS) is 1. The SMILES string of the molecule is COCCOc1ccc(F)cc1C1CCC(C(=O)O)CC1. The first kappa shape index (κ1) is 15.8. The van der Waals surface area contributed by atoms with Gasteiger partial charge in [-0.25, -0.2) is 4.39 Å². The highest BCUT2D eigenvalue weighted by Gasteiger charge is 2.28. The summed E-state index contributed by atoms with van der Waals surface area (Å²) in [5.41, 5.74) is 0.843. The fourth-order valence-corrected chi connectivity index (χ4v) is 2.86. The van der Waals surface area contributed by atoms with Crippen molar-refractivity contribution < 1.29 is 23.8 Å². The van der Waals surface area contributed by atoms with Gasteiger partial charge in [0.1, 0.15) is 18.2 Å². The van der Waals surface area contributed by atoms with Crippen LogP contribution in [0.25, 0.3) is 0 Å². The Morgan fingerprint density at radius 1 is 1.29 bits per heavy atom. The Morgan fingerprint density at radius 2 is 2.00 bits per heavy atom. The van der Waals surface area contributed by atoms with Gasteiger partial charge in [0.05, 0.1) is 12.5 Å². The van der Waals surface area contributed by atoms with Gasteiger partial charge in [0.25, 0.3) is 0 Å². The first-order valence-electron chi connectivity index (χ1n) is 7.25. The second-order valence-electron chi connectivity index (χ2n) is 5.41. The molecule has 0 aromatic heterocycles. The predicted octanol–water partition coefficient (Wildman–Crippen LogP) is 3.21. The highest BCUT2D eigenvalue weighted by Crippen LogP contribution is 2.39. The van der Waals surface area contributed by atoms with Crippen LogP contribution in [0.15, 0.2) is 18.2 Å². The zero-order valence-corrected chi connectivity index (χ0v) is 12.2. The molecular weight excluding hydrogens is 275 g/mol. The van der Waals surface area contributed by atoms with Crippen LogP contribution in [-0.4, -0.2) is 31.4 Å². The van der Waals surface area contributed by atoms with Gasteiger partial charge < -0.3 is 14.6 Å². The molecule has 5 heteroatoms. The molecular formula is C16H21FO4. The highest BCUT2D eigenvalue weighted by atomic mass is 19.1. The number of carboxylic acids is 1. The first-order valence-corrected chi connectivity index (χ1v) is 7.25. The predicted molar refractivity (Wildman–Crippen MR) is 76.1 cm³/mol. The van der Waals surface area contributed by atoms with Crippen LogP contribution in [0, 0.1) is 11.7 Å². The monoisotopic (exact) mass is 296 g/mol. The highest BCUT2D eigenvalue weighted by molar-refractivity contribution is 5.70. The van der Waals surface area contributed by atoms with Crippen LogP contribution in [0.5, 0.6) is 5.75 Å². The first-order chi connectivity index (χ1) is 10.1. The number of rotatable bonds is 6. The summed E-state index contributed by atoms with van der Waals surface area (Å²) < 4.78 is 24.1. The molecule has 0 radical (unpaired) electrons. The topological polar surface area (TPSA) is 55.8 Å². The molecule has 1 aromatic carbocycles. The van der Waals surface area contributed by atoms with Gasteiger partial charge in [0, 0.05) is 12.7 Å². The molecule has 0 unspecified atom stereocenters. The summed E-state index contributed by atoms with van der Waals surface area (Å²) in [5, 5.41) is 9.04. The Morgan fingerprint density at radius 3 is 2.62 bits per heavy atom. The van der Waals surface area contributed by atoms with E-state index in [-0.39, 0.29) is 17.7 Å². The Hall–Kier alpha value is -1.62. The summed E-state index contributed by atoms with van der Waals surface area (Å²) >= 11 is 0. The van der Waals surface area contributed by atoms with Crippen molar-refractivity contribution in [3.63, 3.8) is 0 Å². The largest absolute Gasteiger partial charge is 0.491 e. The summed E-state index contributed by atoms with van der Waals surface area (Å²) in [6.07, 6.45) is 2.77. The van der Waals surface area contributed by atoms with Gasteiger partial charge in [-0.2, -0.15) is 0 Å². The molecule has 116 valence electrons. The number of carbonyl (C=O) groups is 1. The van der Waals surface area contributed by atoms with E-state index in [4.69, 9.17) is 14.6 Å². The number of hydrogen-bond donors (Lipinski definition) is 1.